The van der Waals surface area contributed by atoms with Gasteiger partial charge in [-0.1, -0.05) is 41.9 Å². The SMILES string of the molecule is CC(C)CC[C@@H](N)c1ccc(Br)cc1. The highest BCUT2D eigenvalue weighted by atomic mass is 79.9. The molecule has 0 aliphatic carbocycles. The molecule has 1 rings (SSSR count). The standard InChI is InChI=1S/C12H18BrN/c1-9(2)3-8-12(14)10-4-6-11(13)7-5-10/h4-7,9,12H,3,8,14H2,1-2H3/t12-/m1/s1. The molecular formula is C12H18BrN. The molecule has 0 aromatic heterocycles. The lowest BCUT2D eigenvalue weighted by Gasteiger charge is -2.13. The van der Waals surface area contributed by atoms with E-state index in [1.165, 1.54) is 12.0 Å². The first-order valence-corrected chi connectivity index (χ1v) is 5.90. The van der Waals surface area contributed by atoms with Gasteiger partial charge in [0.05, 0.1) is 0 Å². The molecule has 0 saturated carbocycles. The Kier molecular flexibility index (Phi) is 4.63. The Morgan fingerprint density at radius 3 is 2.21 bits per heavy atom. The van der Waals surface area contributed by atoms with E-state index in [1.54, 1.807) is 0 Å². The molecule has 14 heavy (non-hydrogen) atoms. The van der Waals surface area contributed by atoms with Crippen molar-refractivity contribution in [2.24, 2.45) is 11.7 Å². The maximum Gasteiger partial charge on any atom is 0.0294 e. The minimum absolute atomic E-state index is 0.186. The predicted octanol–water partition coefficient (Wildman–Crippen LogP) is 3.89. The second kappa shape index (κ2) is 5.52. The van der Waals surface area contributed by atoms with Crippen molar-refractivity contribution in [2.45, 2.75) is 32.7 Å². The van der Waals surface area contributed by atoms with Crippen molar-refractivity contribution >= 4 is 15.9 Å². The molecule has 0 radical (unpaired) electrons. The molecule has 1 aromatic rings. The highest BCUT2D eigenvalue weighted by Crippen LogP contribution is 2.20. The molecule has 0 heterocycles. The van der Waals surface area contributed by atoms with E-state index in [9.17, 15) is 0 Å². The smallest absolute Gasteiger partial charge is 0.0294 e. The molecule has 1 aromatic carbocycles. The fraction of sp³-hybridized carbons (Fsp3) is 0.500. The molecular weight excluding hydrogens is 238 g/mol. The summed E-state index contributed by atoms with van der Waals surface area (Å²) in [6, 6.07) is 8.46. The van der Waals surface area contributed by atoms with E-state index in [-0.39, 0.29) is 6.04 Å². The lowest BCUT2D eigenvalue weighted by Crippen LogP contribution is -2.10. The van der Waals surface area contributed by atoms with Crippen molar-refractivity contribution in [2.75, 3.05) is 0 Å². The van der Waals surface area contributed by atoms with Crippen LogP contribution in [0, 0.1) is 5.92 Å². The van der Waals surface area contributed by atoms with Crippen LogP contribution in [-0.2, 0) is 0 Å². The molecule has 78 valence electrons. The van der Waals surface area contributed by atoms with Gasteiger partial charge in [-0.2, -0.15) is 0 Å². The maximum atomic E-state index is 6.08. The zero-order valence-corrected chi connectivity index (χ0v) is 10.4. The Morgan fingerprint density at radius 1 is 1.14 bits per heavy atom. The first-order chi connectivity index (χ1) is 6.59. The summed E-state index contributed by atoms with van der Waals surface area (Å²) in [5.74, 6) is 0.733. The van der Waals surface area contributed by atoms with Gasteiger partial charge in [-0.3, -0.25) is 0 Å². The average Bonchev–Trinajstić information content (AvgIpc) is 2.15. The summed E-state index contributed by atoms with van der Waals surface area (Å²) in [6.45, 7) is 4.46. The Hall–Kier alpha value is -0.340. The van der Waals surface area contributed by atoms with Gasteiger partial charge in [0.25, 0.3) is 0 Å². The van der Waals surface area contributed by atoms with E-state index >= 15 is 0 Å². The highest BCUT2D eigenvalue weighted by Gasteiger charge is 2.06. The Labute approximate surface area is 94.8 Å². The molecule has 0 saturated heterocycles. The number of halogens is 1. The lowest BCUT2D eigenvalue weighted by atomic mass is 9.98. The summed E-state index contributed by atoms with van der Waals surface area (Å²) < 4.78 is 1.11. The van der Waals surface area contributed by atoms with Crippen LogP contribution >= 0.6 is 15.9 Å². The monoisotopic (exact) mass is 255 g/mol. The number of hydrogen-bond donors (Lipinski definition) is 1. The summed E-state index contributed by atoms with van der Waals surface area (Å²) in [6.07, 6.45) is 2.26. The van der Waals surface area contributed by atoms with Gasteiger partial charge < -0.3 is 5.73 Å². The van der Waals surface area contributed by atoms with Crippen LogP contribution in [0.15, 0.2) is 28.7 Å². The average molecular weight is 256 g/mol. The summed E-state index contributed by atoms with van der Waals surface area (Å²) >= 11 is 3.42. The van der Waals surface area contributed by atoms with Crippen molar-refractivity contribution in [3.63, 3.8) is 0 Å². The zero-order valence-electron chi connectivity index (χ0n) is 8.83. The zero-order chi connectivity index (χ0) is 10.6. The van der Waals surface area contributed by atoms with Crippen LogP contribution in [0.25, 0.3) is 0 Å². The summed E-state index contributed by atoms with van der Waals surface area (Å²) in [4.78, 5) is 0. The Bertz CT molecular complexity index is 266. The Morgan fingerprint density at radius 2 is 1.71 bits per heavy atom. The number of nitrogens with two attached hydrogens (primary N) is 1. The van der Waals surface area contributed by atoms with Crippen LogP contribution in [0.5, 0.6) is 0 Å². The largest absolute Gasteiger partial charge is 0.324 e. The third-order valence-corrected chi connectivity index (χ3v) is 2.88. The minimum Gasteiger partial charge on any atom is -0.324 e. The van der Waals surface area contributed by atoms with Crippen molar-refractivity contribution in [1.82, 2.24) is 0 Å². The van der Waals surface area contributed by atoms with Crippen LogP contribution in [0.1, 0.15) is 38.3 Å². The van der Waals surface area contributed by atoms with Gasteiger partial charge in [0, 0.05) is 10.5 Å². The van der Waals surface area contributed by atoms with Gasteiger partial charge in [-0.15, -0.1) is 0 Å². The first-order valence-electron chi connectivity index (χ1n) is 5.10. The number of hydrogen-bond acceptors (Lipinski definition) is 1. The van der Waals surface area contributed by atoms with E-state index in [2.05, 4.69) is 41.9 Å². The Balaban J connectivity index is 2.52. The minimum atomic E-state index is 0.186. The molecule has 0 spiro atoms. The molecule has 2 N–H and O–H groups in total. The van der Waals surface area contributed by atoms with E-state index < -0.39 is 0 Å². The molecule has 0 amide bonds. The second-order valence-corrected chi connectivity index (χ2v) is 5.04. The molecule has 0 aliphatic heterocycles. The third-order valence-electron chi connectivity index (χ3n) is 2.35. The summed E-state index contributed by atoms with van der Waals surface area (Å²) in [7, 11) is 0. The van der Waals surface area contributed by atoms with Gasteiger partial charge in [0.1, 0.15) is 0 Å². The van der Waals surface area contributed by atoms with Gasteiger partial charge in [-0.05, 0) is 36.5 Å². The van der Waals surface area contributed by atoms with Crippen LogP contribution in [-0.4, -0.2) is 0 Å². The molecule has 0 bridgehead atoms. The molecule has 0 aliphatic rings. The fourth-order valence-corrected chi connectivity index (χ4v) is 1.65. The van der Waals surface area contributed by atoms with E-state index in [1.807, 2.05) is 12.1 Å². The summed E-state index contributed by atoms with van der Waals surface area (Å²) in [5, 5.41) is 0. The summed E-state index contributed by atoms with van der Waals surface area (Å²) in [5.41, 5.74) is 7.31. The van der Waals surface area contributed by atoms with Crippen LogP contribution < -0.4 is 5.73 Å². The predicted molar refractivity (Wildman–Crippen MR) is 65.1 cm³/mol. The third kappa shape index (κ3) is 3.81. The molecule has 0 fully saturated rings. The highest BCUT2D eigenvalue weighted by molar-refractivity contribution is 9.10. The van der Waals surface area contributed by atoms with E-state index in [0.29, 0.717) is 0 Å². The van der Waals surface area contributed by atoms with Crippen LogP contribution in [0.3, 0.4) is 0 Å². The van der Waals surface area contributed by atoms with Gasteiger partial charge in [0.15, 0.2) is 0 Å². The molecule has 2 heteroatoms. The number of rotatable bonds is 4. The van der Waals surface area contributed by atoms with Crippen molar-refractivity contribution in [3.05, 3.63) is 34.3 Å². The van der Waals surface area contributed by atoms with E-state index in [0.717, 1.165) is 16.8 Å². The quantitative estimate of drug-likeness (QED) is 0.869. The maximum absolute atomic E-state index is 6.08. The van der Waals surface area contributed by atoms with Gasteiger partial charge >= 0.3 is 0 Å². The second-order valence-electron chi connectivity index (χ2n) is 4.13. The van der Waals surface area contributed by atoms with Gasteiger partial charge in [0.2, 0.25) is 0 Å². The van der Waals surface area contributed by atoms with Crippen molar-refractivity contribution in [1.29, 1.82) is 0 Å². The molecule has 1 nitrogen and oxygen atoms in total. The van der Waals surface area contributed by atoms with Crippen LogP contribution in [0.4, 0.5) is 0 Å². The lowest BCUT2D eigenvalue weighted by molar-refractivity contribution is 0.507. The first kappa shape index (κ1) is 11.7. The van der Waals surface area contributed by atoms with Gasteiger partial charge in [-0.25, -0.2) is 0 Å². The molecule has 1 atom stereocenters. The van der Waals surface area contributed by atoms with E-state index in [4.69, 9.17) is 5.73 Å². The normalized spacial score (nSPS) is 13.2. The fourth-order valence-electron chi connectivity index (χ4n) is 1.39. The topological polar surface area (TPSA) is 26.0 Å². The molecule has 0 unspecified atom stereocenters. The van der Waals surface area contributed by atoms with Crippen molar-refractivity contribution in [3.8, 4) is 0 Å². The van der Waals surface area contributed by atoms with Crippen LogP contribution in [0.2, 0.25) is 0 Å². The number of benzene rings is 1. The van der Waals surface area contributed by atoms with Crippen molar-refractivity contribution < 1.29 is 0 Å².